The topological polar surface area (TPSA) is 77.3 Å². The highest BCUT2D eigenvalue weighted by molar-refractivity contribution is 8.00. The Hall–Kier alpha value is -2.80. The number of anilines is 1. The summed E-state index contributed by atoms with van der Waals surface area (Å²) in [5.41, 5.74) is 2.75. The minimum absolute atomic E-state index is 0.0445. The zero-order valence-corrected chi connectivity index (χ0v) is 15.0. The van der Waals surface area contributed by atoms with Crippen molar-refractivity contribution in [2.75, 3.05) is 12.4 Å². The summed E-state index contributed by atoms with van der Waals surface area (Å²) >= 11 is 1.29. The Labute approximate surface area is 155 Å². The molecule has 1 aliphatic rings. The van der Waals surface area contributed by atoms with Crippen molar-refractivity contribution in [3.8, 4) is 17.2 Å². The molecule has 1 aromatic heterocycles. The fourth-order valence-electron chi connectivity index (χ4n) is 2.91. The molecule has 7 heteroatoms. The zero-order valence-electron chi connectivity index (χ0n) is 14.1. The van der Waals surface area contributed by atoms with Crippen LogP contribution >= 0.6 is 11.8 Å². The van der Waals surface area contributed by atoms with Crippen molar-refractivity contribution >= 4 is 23.4 Å². The predicted octanol–water partition coefficient (Wildman–Crippen LogP) is 3.79. The zero-order chi connectivity index (χ0) is 17.9. The molecule has 0 saturated carbocycles. The van der Waals surface area contributed by atoms with E-state index >= 15 is 0 Å². The van der Waals surface area contributed by atoms with Crippen molar-refractivity contribution < 1.29 is 13.9 Å². The van der Waals surface area contributed by atoms with Crippen LogP contribution in [0.2, 0.25) is 0 Å². The number of benzene rings is 2. The van der Waals surface area contributed by atoms with E-state index in [1.807, 2.05) is 48.5 Å². The molecule has 0 spiro atoms. The molecule has 1 N–H and O–H groups in total. The second kappa shape index (κ2) is 7.21. The van der Waals surface area contributed by atoms with Gasteiger partial charge in [-0.3, -0.25) is 4.79 Å². The fourth-order valence-corrected chi connectivity index (χ4v) is 3.77. The normalized spacial score (nSPS) is 16.5. The lowest BCUT2D eigenvalue weighted by Crippen LogP contribution is -2.23. The van der Waals surface area contributed by atoms with Gasteiger partial charge in [-0.1, -0.05) is 42.1 Å². The third-order valence-electron chi connectivity index (χ3n) is 4.23. The van der Waals surface area contributed by atoms with Crippen LogP contribution in [0.4, 0.5) is 5.69 Å². The van der Waals surface area contributed by atoms with Gasteiger partial charge in [0.15, 0.2) is 0 Å². The number of nitrogens with one attached hydrogen (secondary N) is 1. The number of thioether (sulfide) groups is 1. The first-order chi connectivity index (χ1) is 12.7. The van der Waals surface area contributed by atoms with Crippen molar-refractivity contribution in [1.29, 1.82) is 0 Å². The fraction of sp³-hybridized carbons (Fsp3) is 0.211. The SMILES string of the molecule is COc1ccccc1-c1nnc(S[C@H]2CCc3ccccc3NC2=O)o1. The third kappa shape index (κ3) is 3.30. The van der Waals surface area contributed by atoms with Gasteiger partial charge in [0, 0.05) is 5.69 Å². The first-order valence-electron chi connectivity index (χ1n) is 8.27. The molecule has 6 nitrogen and oxygen atoms in total. The van der Waals surface area contributed by atoms with Gasteiger partial charge >= 0.3 is 0 Å². The molecule has 0 saturated heterocycles. The van der Waals surface area contributed by atoms with Gasteiger partial charge in [0.1, 0.15) is 5.75 Å². The second-order valence-corrected chi connectivity index (χ2v) is 7.02. The van der Waals surface area contributed by atoms with E-state index in [-0.39, 0.29) is 11.2 Å². The molecular formula is C19H17N3O3S. The number of carbonyl (C=O) groups excluding carboxylic acids is 1. The van der Waals surface area contributed by atoms with Crippen LogP contribution < -0.4 is 10.1 Å². The number of hydrogen-bond acceptors (Lipinski definition) is 6. The Morgan fingerprint density at radius 1 is 1.15 bits per heavy atom. The van der Waals surface area contributed by atoms with Gasteiger partial charge in [-0.15, -0.1) is 10.2 Å². The molecule has 4 rings (SSSR count). The van der Waals surface area contributed by atoms with E-state index in [9.17, 15) is 4.79 Å². The van der Waals surface area contributed by atoms with Crippen LogP contribution in [-0.4, -0.2) is 28.5 Å². The van der Waals surface area contributed by atoms with E-state index in [1.54, 1.807) is 7.11 Å². The summed E-state index contributed by atoms with van der Waals surface area (Å²) in [6.45, 7) is 0. The smallest absolute Gasteiger partial charge is 0.277 e. The van der Waals surface area contributed by atoms with Crippen LogP contribution in [0, 0.1) is 0 Å². The molecule has 0 unspecified atom stereocenters. The lowest BCUT2D eigenvalue weighted by Gasteiger charge is -2.09. The van der Waals surface area contributed by atoms with Crippen LogP contribution in [0.15, 0.2) is 58.2 Å². The highest BCUT2D eigenvalue weighted by Gasteiger charge is 2.27. The molecule has 3 aromatic rings. The number of methoxy groups -OCH3 is 1. The molecule has 1 amide bonds. The maximum atomic E-state index is 12.5. The van der Waals surface area contributed by atoms with Crippen LogP contribution in [0.25, 0.3) is 11.5 Å². The number of amides is 1. The Morgan fingerprint density at radius 2 is 1.96 bits per heavy atom. The van der Waals surface area contributed by atoms with Crippen LogP contribution in [-0.2, 0) is 11.2 Å². The summed E-state index contributed by atoms with van der Waals surface area (Å²) in [4.78, 5) is 12.5. The number of ether oxygens (including phenoxy) is 1. The van der Waals surface area contributed by atoms with E-state index in [1.165, 1.54) is 11.8 Å². The molecule has 0 fully saturated rings. The summed E-state index contributed by atoms with van der Waals surface area (Å²) in [7, 11) is 1.60. The number of aryl methyl sites for hydroxylation is 1. The lowest BCUT2D eigenvalue weighted by molar-refractivity contribution is -0.115. The first-order valence-corrected chi connectivity index (χ1v) is 9.15. The Bertz CT molecular complexity index is 941. The summed E-state index contributed by atoms with van der Waals surface area (Å²) in [6, 6.07) is 15.3. The minimum Gasteiger partial charge on any atom is -0.496 e. The molecule has 0 radical (unpaired) electrons. The molecule has 1 aliphatic heterocycles. The Kier molecular flexibility index (Phi) is 4.62. The maximum Gasteiger partial charge on any atom is 0.277 e. The van der Waals surface area contributed by atoms with Gasteiger partial charge in [0.05, 0.1) is 17.9 Å². The quantitative estimate of drug-likeness (QED) is 0.756. The number of carbonyl (C=O) groups is 1. The molecule has 0 bridgehead atoms. The van der Waals surface area contributed by atoms with E-state index in [4.69, 9.17) is 9.15 Å². The average molecular weight is 367 g/mol. The van der Waals surface area contributed by atoms with Gasteiger partial charge in [-0.05, 0) is 36.6 Å². The number of rotatable bonds is 4. The summed E-state index contributed by atoms with van der Waals surface area (Å²) < 4.78 is 11.1. The van der Waals surface area contributed by atoms with E-state index in [0.717, 1.165) is 23.2 Å². The molecule has 132 valence electrons. The highest BCUT2D eigenvalue weighted by Crippen LogP contribution is 2.34. The van der Waals surface area contributed by atoms with Crippen molar-refractivity contribution in [2.24, 2.45) is 0 Å². The van der Waals surface area contributed by atoms with E-state index in [0.29, 0.717) is 23.3 Å². The van der Waals surface area contributed by atoms with E-state index < -0.39 is 0 Å². The van der Waals surface area contributed by atoms with Gasteiger partial charge in [0.2, 0.25) is 5.91 Å². The van der Waals surface area contributed by atoms with Crippen LogP contribution in [0.5, 0.6) is 5.75 Å². The van der Waals surface area contributed by atoms with Gasteiger partial charge in [0.25, 0.3) is 11.1 Å². The Balaban J connectivity index is 1.52. The molecule has 2 aromatic carbocycles. The van der Waals surface area contributed by atoms with Crippen molar-refractivity contribution in [3.05, 3.63) is 54.1 Å². The third-order valence-corrected chi connectivity index (χ3v) is 5.33. The molecule has 26 heavy (non-hydrogen) atoms. The monoisotopic (exact) mass is 367 g/mol. The maximum absolute atomic E-state index is 12.5. The van der Waals surface area contributed by atoms with Gasteiger partial charge < -0.3 is 14.5 Å². The van der Waals surface area contributed by atoms with Crippen molar-refractivity contribution in [3.63, 3.8) is 0 Å². The number of aromatic nitrogens is 2. The van der Waals surface area contributed by atoms with Crippen molar-refractivity contribution in [2.45, 2.75) is 23.3 Å². The lowest BCUT2D eigenvalue weighted by atomic mass is 10.1. The molecular weight excluding hydrogens is 350 g/mol. The van der Waals surface area contributed by atoms with Gasteiger partial charge in [-0.2, -0.15) is 0 Å². The number of hydrogen-bond donors (Lipinski definition) is 1. The number of para-hydroxylation sites is 2. The molecule has 0 aliphatic carbocycles. The predicted molar refractivity (Wildman–Crippen MR) is 99.3 cm³/mol. The summed E-state index contributed by atoms with van der Waals surface area (Å²) in [6.07, 6.45) is 1.53. The minimum atomic E-state index is -0.284. The Morgan fingerprint density at radius 3 is 2.85 bits per heavy atom. The number of fused-ring (bicyclic) bond motifs is 1. The van der Waals surface area contributed by atoms with Crippen LogP contribution in [0.3, 0.4) is 0 Å². The van der Waals surface area contributed by atoms with E-state index in [2.05, 4.69) is 15.5 Å². The number of nitrogens with zero attached hydrogens (tertiary/aromatic N) is 2. The highest BCUT2D eigenvalue weighted by atomic mass is 32.2. The molecule has 1 atom stereocenters. The standard InChI is InChI=1S/C19H17N3O3S/c1-24-15-9-5-3-7-13(15)18-21-22-19(25-18)26-16-11-10-12-6-2-4-8-14(12)20-17(16)23/h2-9,16H,10-11H2,1H3,(H,20,23)/t16-/m0/s1. The van der Waals surface area contributed by atoms with Gasteiger partial charge in [-0.25, -0.2) is 0 Å². The second-order valence-electron chi connectivity index (χ2n) is 5.86. The first kappa shape index (κ1) is 16.7. The van der Waals surface area contributed by atoms with Crippen molar-refractivity contribution in [1.82, 2.24) is 10.2 Å². The molecule has 2 heterocycles. The summed E-state index contributed by atoms with van der Waals surface area (Å²) in [5, 5.41) is 11.3. The largest absolute Gasteiger partial charge is 0.496 e. The summed E-state index contributed by atoms with van der Waals surface area (Å²) in [5.74, 6) is 0.995. The average Bonchev–Trinajstić information content (AvgIpc) is 3.08. The van der Waals surface area contributed by atoms with Crippen LogP contribution in [0.1, 0.15) is 12.0 Å².